The zero-order valence-electron chi connectivity index (χ0n) is 12.2. The Kier molecular flexibility index (Phi) is 4.99. The molecule has 1 fully saturated rings. The molecule has 0 amide bonds. The van der Waals surface area contributed by atoms with Gasteiger partial charge in [-0.25, -0.2) is 4.79 Å². The van der Waals surface area contributed by atoms with E-state index < -0.39 is 0 Å². The first-order chi connectivity index (χ1) is 10.3. The molecule has 1 saturated heterocycles. The predicted octanol–water partition coefficient (Wildman–Crippen LogP) is 3.76. The second kappa shape index (κ2) is 7.14. The van der Waals surface area contributed by atoms with Crippen molar-refractivity contribution in [3.05, 3.63) is 40.8 Å². The van der Waals surface area contributed by atoms with Crippen molar-refractivity contribution >= 4 is 22.7 Å². The Morgan fingerprint density at radius 2 is 1.86 bits per heavy atom. The number of likely N-dealkylation sites (tertiary alicyclic amines) is 1. The molecule has 0 unspecified atom stereocenters. The monoisotopic (exact) mass is 303 g/mol. The number of benzene rings is 1. The first-order valence-corrected chi connectivity index (χ1v) is 8.69. The van der Waals surface area contributed by atoms with Crippen molar-refractivity contribution in [2.45, 2.75) is 30.6 Å². The molecule has 2 aromatic rings. The van der Waals surface area contributed by atoms with E-state index in [2.05, 4.69) is 4.90 Å². The first kappa shape index (κ1) is 14.7. The number of fused-ring (bicyclic) bond motifs is 1. The fraction of sp³-hybridized carbons (Fsp3) is 0.471. The predicted molar refractivity (Wildman–Crippen MR) is 88.1 cm³/mol. The third kappa shape index (κ3) is 3.89. The maximum Gasteiger partial charge on any atom is 0.350 e. The van der Waals surface area contributed by atoms with Gasteiger partial charge in [-0.05, 0) is 38.1 Å². The molecule has 0 saturated carbocycles. The fourth-order valence-corrected chi connectivity index (χ4v) is 3.73. The van der Waals surface area contributed by atoms with Crippen LogP contribution in [0, 0.1) is 0 Å². The number of hydrogen-bond acceptors (Lipinski definition) is 4. The van der Waals surface area contributed by atoms with Crippen LogP contribution in [0.3, 0.4) is 0 Å². The molecule has 0 aliphatic carbocycles. The van der Waals surface area contributed by atoms with Gasteiger partial charge in [0, 0.05) is 17.7 Å². The fourth-order valence-electron chi connectivity index (χ4n) is 2.79. The Morgan fingerprint density at radius 1 is 1.10 bits per heavy atom. The van der Waals surface area contributed by atoms with Crippen LogP contribution in [0.4, 0.5) is 0 Å². The highest BCUT2D eigenvalue weighted by atomic mass is 32.2. The van der Waals surface area contributed by atoms with Crippen LogP contribution in [0.2, 0.25) is 0 Å². The molecule has 1 aromatic heterocycles. The Hall–Kier alpha value is -1.26. The van der Waals surface area contributed by atoms with Crippen LogP contribution >= 0.6 is 11.8 Å². The van der Waals surface area contributed by atoms with Crippen LogP contribution in [-0.2, 0) is 0 Å². The minimum Gasteiger partial charge on any atom is -0.422 e. The van der Waals surface area contributed by atoms with Gasteiger partial charge < -0.3 is 9.32 Å². The molecule has 112 valence electrons. The largest absolute Gasteiger partial charge is 0.422 e. The van der Waals surface area contributed by atoms with E-state index in [1.165, 1.54) is 38.8 Å². The molecular weight excluding hydrogens is 282 g/mol. The molecule has 3 rings (SSSR count). The third-order valence-corrected chi connectivity index (χ3v) is 4.96. The van der Waals surface area contributed by atoms with Crippen LogP contribution in [0.15, 0.2) is 44.4 Å². The summed E-state index contributed by atoms with van der Waals surface area (Å²) in [6.45, 7) is 3.46. The number of hydrogen-bond donors (Lipinski definition) is 0. The number of rotatable bonds is 4. The van der Waals surface area contributed by atoms with Crippen LogP contribution in [0.25, 0.3) is 11.0 Å². The Balaban J connectivity index is 1.62. The van der Waals surface area contributed by atoms with Crippen LogP contribution in [-0.4, -0.2) is 30.3 Å². The minimum atomic E-state index is -0.213. The van der Waals surface area contributed by atoms with E-state index in [9.17, 15) is 4.79 Å². The molecule has 1 aliphatic rings. The highest BCUT2D eigenvalue weighted by Gasteiger charge is 2.10. The summed E-state index contributed by atoms with van der Waals surface area (Å²) >= 11 is 1.61. The van der Waals surface area contributed by atoms with E-state index in [0.29, 0.717) is 5.58 Å². The molecule has 1 aliphatic heterocycles. The Morgan fingerprint density at radius 3 is 2.67 bits per heavy atom. The summed E-state index contributed by atoms with van der Waals surface area (Å²) < 4.78 is 5.37. The zero-order chi connectivity index (χ0) is 14.5. The SMILES string of the molecule is O=c1oc2ccccc2cc1SCCN1CCCCCC1. The molecule has 3 nitrogen and oxygen atoms in total. The number of nitrogens with zero attached hydrogens (tertiary/aromatic N) is 1. The van der Waals surface area contributed by atoms with Gasteiger partial charge in [0.05, 0.1) is 4.90 Å². The van der Waals surface area contributed by atoms with Crippen LogP contribution in [0.5, 0.6) is 0 Å². The van der Waals surface area contributed by atoms with Gasteiger partial charge in [-0.1, -0.05) is 31.0 Å². The summed E-state index contributed by atoms with van der Waals surface area (Å²) in [4.78, 5) is 15.2. The van der Waals surface area contributed by atoms with Gasteiger partial charge >= 0.3 is 5.63 Å². The highest BCUT2D eigenvalue weighted by Crippen LogP contribution is 2.20. The van der Waals surface area contributed by atoms with Gasteiger partial charge in [0.15, 0.2) is 0 Å². The van der Waals surface area contributed by atoms with Gasteiger partial charge in [0.1, 0.15) is 5.58 Å². The summed E-state index contributed by atoms with van der Waals surface area (Å²) in [5, 5.41) is 0.995. The maximum absolute atomic E-state index is 12.0. The Labute approximate surface area is 129 Å². The van der Waals surface area contributed by atoms with Gasteiger partial charge in [0.2, 0.25) is 0 Å². The van der Waals surface area contributed by atoms with E-state index in [1.807, 2.05) is 30.3 Å². The Bertz CT molecular complexity index is 645. The molecule has 0 radical (unpaired) electrons. The minimum absolute atomic E-state index is 0.213. The van der Waals surface area contributed by atoms with Gasteiger partial charge in [-0.15, -0.1) is 11.8 Å². The molecule has 1 aromatic carbocycles. The van der Waals surface area contributed by atoms with Gasteiger partial charge in [-0.2, -0.15) is 0 Å². The van der Waals surface area contributed by atoms with E-state index >= 15 is 0 Å². The van der Waals surface area contributed by atoms with Gasteiger partial charge in [0.25, 0.3) is 0 Å². The molecule has 0 N–H and O–H groups in total. The summed E-state index contributed by atoms with van der Waals surface area (Å²) in [6, 6.07) is 9.62. The van der Waals surface area contributed by atoms with Crippen molar-refractivity contribution in [2.24, 2.45) is 0 Å². The standard InChI is InChI=1S/C17H21NO2S/c19-17-16(13-14-7-3-4-8-15(14)20-17)21-12-11-18-9-5-1-2-6-10-18/h3-4,7-8,13H,1-2,5-6,9-12H2. The summed E-state index contributed by atoms with van der Waals surface area (Å²) in [5.74, 6) is 0.948. The van der Waals surface area contributed by atoms with E-state index in [1.54, 1.807) is 11.8 Å². The second-order valence-electron chi connectivity index (χ2n) is 5.54. The topological polar surface area (TPSA) is 33.5 Å². The average molecular weight is 303 g/mol. The van der Waals surface area contributed by atoms with Crippen molar-refractivity contribution in [2.75, 3.05) is 25.4 Å². The summed E-state index contributed by atoms with van der Waals surface area (Å²) in [7, 11) is 0. The van der Waals surface area contributed by atoms with Crippen LogP contribution < -0.4 is 5.63 Å². The normalized spacial score (nSPS) is 17.0. The smallest absolute Gasteiger partial charge is 0.350 e. The summed E-state index contributed by atoms with van der Waals surface area (Å²) in [6.07, 6.45) is 5.33. The van der Waals surface area contributed by atoms with Crippen molar-refractivity contribution < 1.29 is 4.42 Å². The lowest BCUT2D eigenvalue weighted by Gasteiger charge is -2.18. The van der Waals surface area contributed by atoms with Gasteiger partial charge in [-0.3, -0.25) is 0 Å². The molecule has 0 atom stereocenters. The quantitative estimate of drug-likeness (QED) is 0.636. The third-order valence-electron chi connectivity index (χ3n) is 3.97. The van der Waals surface area contributed by atoms with Crippen molar-refractivity contribution in [3.8, 4) is 0 Å². The lowest BCUT2D eigenvalue weighted by atomic mass is 10.2. The van der Waals surface area contributed by atoms with Crippen molar-refractivity contribution in [3.63, 3.8) is 0 Å². The van der Waals surface area contributed by atoms with E-state index in [4.69, 9.17) is 4.42 Å². The average Bonchev–Trinajstić information content (AvgIpc) is 2.76. The first-order valence-electron chi connectivity index (χ1n) is 7.71. The van der Waals surface area contributed by atoms with Crippen molar-refractivity contribution in [1.82, 2.24) is 4.90 Å². The lowest BCUT2D eigenvalue weighted by Crippen LogP contribution is -2.27. The highest BCUT2D eigenvalue weighted by molar-refractivity contribution is 7.99. The summed E-state index contributed by atoms with van der Waals surface area (Å²) in [5.41, 5.74) is 0.453. The maximum atomic E-state index is 12.0. The second-order valence-corrected chi connectivity index (χ2v) is 6.68. The zero-order valence-corrected chi connectivity index (χ0v) is 13.0. The molecule has 4 heteroatoms. The van der Waals surface area contributed by atoms with Crippen molar-refractivity contribution in [1.29, 1.82) is 0 Å². The molecular formula is C17H21NO2S. The molecule has 0 spiro atoms. The molecule has 21 heavy (non-hydrogen) atoms. The number of thioether (sulfide) groups is 1. The lowest BCUT2D eigenvalue weighted by molar-refractivity contribution is 0.303. The number of para-hydroxylation sites is 1. The van der Waals surface area contributed by atoms with Crippen LogP contribution in [0.1, 0.15) is 25.7 Å². The molecule has 0 bridgehead atoms. The molecule has 2 heterocycles. The van der Waals surface area contributed by atoms with E-state index in [0.717, 1.165) is 22.6 Å². The van der Waals surface area contributed by atoms with E-state index in [-0.39, 0.29) is 5.63 Å².